The van der Waals surface area contributed by atoms with Crippen LogP contribution < -0.4 is 11.1 Å². The van der Waals surface area contributed by atoms with E-state index in [0.29, 0.717) is 0 Å². The van der Waals surface area contributed by atoms with Gasteiger partial charge >= 0.3 is 0 Å². The van der Waals surface area contributed by atoms with Gasteiger partial charge in [0.25, 0.3) is 5.91 Å². The molecule has 1 heterocycles. The van der Waals surface area contributed by atoms with Gasteiger partial charge in [-0.2, -0.15) is 4.99 Å². The van der Waals surface area contributed by atoms with E-state index in [2.05, 4.69) is 10.3 Å². The molecule has 1 aliphatic rings. The zero-order valence-corrected chi connectivity index (χ0v) is 6.13. The summed E-state index contributed by atoms with van der Waals surface area (Å²) in [4.78, 5) is 25.3. The van der Waals surface area contributed by atoms with Crippen molar-refractivity contribution in [3.05, 3.63) is 0 Å². The maximum atomic E-state index is 10.9. The molecule has 0 saturated carbocycles. The number of carbonyl (C=O) groups is 2. The fourth-order valence-corrected chi connectivity index (χ4v) is 0.717. The Labute approximate surface area is 63.7 Å². The minimum Gasteiger partial charge on any atom is -0.324 e. The minimum absolute atomic E-state index is 0.0875. The Balaban J connectivity index is 2.85. The highest BCUT2D eigenvalue weighted by molar-refractivity contribution is 6.16. The summed E-state index contributed by atoms with van der Waals surface area (Å²) in [6, 6.07) is 0. The van der Waals surface area contributed by atoms with Crippen LogP contribution in [0.5, 0.6) is 0 Å². The number of rotatable bonds is 1. The fraction of sp³-hybridized carbons (Fsp3) is 0.500. The number of amides is 2. The van der Waals surface area contributed by atoms with E-state index >= 15 is 0 Å². The average Bonchev–Trinajstić information content (AvgIpc) is 1.99. The number of hydrogen-bond acceptors (Lipinski definition) is 3. The number of nitrogens with two attached hydrogens (primary N) is 1. The van der Waals surface area contributed by atoms with Crippen LogP contribution in [0.15, 0.2) is 4.99 Å². The molecule has 0 aromatic carbocycles. The lowest BCUT2D eigenvalue weighted by atomic mass is 10.1. The van der Waals surface area contributed by atoms with Gasteiger partial charge in [0.1, 0.15) is 11.8 Å². The summed E-state index contributed by atoms with van der Waals surface area (Å²) in [6.07, 6.45) is 0. The third-order valence-electron chi connectivity index (χ3n) is 1.47. The second-order valence-corrected chi connectivity index (χ2v) is 2.31. The lowest BCUT2D eigenvalue weighted by Crippen LogP contribution is -2.45. The van der Waals surface area contributed by atoms with Crippen molar-refractivity contribution in [1.82, 2.24) is 5.32 Å². The van der Waals surface area contributed by atoms with Gasteiger partial charge < -0.3 is 11.1 Å². The standard InChI is InChI=1S/C6H9N3O2/c1-3-5(10)8-4(2-7)9-6(3)11/h3H,2,7H2,1H3,(H,8,9,10,11). The summed E-state index contributed by atoms with van der Waals surface area (Å²) in [5, 5.41) is 2.41. The molecule has 3 N–H and O–H groups in total. The molecule has 5 heteroatoms. The second kappa shape index (κ2) is 2.79. The van der Waals surface area contributed by atoms with Gasteiger partial charge in [-0.25, -0.2) is 0 Å². The van der Waals surface area contributed by atoms with Crippen LogP contribution in [0.4, 0.5) is 0 Å². The number of nitrogens with one attached hydrogen (secondary N) is 1. The van der Waals surface area contributed by atoms with Gasteiger partial charge in [-0.05, 0) is 6.92 Å². The van der Waals surface area contributed by atoms with Crippen LogP contribution in [-0.2, 0) is 9.59 Å². The number of hydrogen-bond donors (Lipinski definition) is 2. The Morgan fingerprint density at radius 3 is 2.73 bits per heavy atom. The maximum absolute atomic E-state index is 10.9. The first kappa shape index (κ1) is 7.87. The zero-order chi connectivity index (χ0) is 8.43. The highest BCUT2D eigenvalue weighted by atomic mass is 16.2. The molecular formula is C6H9N3O2. The van der Waals surface area contributed by atoms with Gasteiger partial charge in [-0.1, -0.05) is 0 Å². The Morgan fingerprint density at radius 1 is 1.64 bits per heavy atom. The van der Waals surface area contributed by atoms with Crippen LogP contribution in [0.25, 0.3) is 0 Å². The summed E-state index contributed by atoms with van der Waals surface area (Å²) in [6.45, 7) is 1.60. The summed E-state index contributed by atoms with van der Waals surface area (Å²) in [7, 11) is 0. The van der Waals surface area contributed by atoms with Gasteiger partial charge in [-0.3, -0.25) is 9.59 Å². The van der Waals surface area contributed by atoms with E-state index in [9.17, 15) is 9.59 Å². The molecule has 1 atom stereocenters. The Hall–Kier alpha value is -1.23. The third kappa shape index (κ3) is 1.43. The molecule has 1 rings (SSSR count). The summed E-state index contributed by atoms with van der Waals surface area (Å²) in [5.74, 6) is -1.18. The van der Waals surface area contributed by atoms with Crippen LogP contribution in [0.3, 0.4) is 0 Å². The Kier molecular flexibility index (Phi) is 2.00. The quantitative estimate of drug-likeness (QED) is 0.458. The topological polar surface area (TPSA) is 84.6 Å². The predicted molar refractivity (Wildman–Crippen MR) is 38.8 cm³/mol. The van der Waals surface area contributed by atoms with Crippen LogP contribution in [0.1, 0.15) is 6.92 Å². The molecule has 0 spiro atoms. The molecule has 1 unspecified atom stereocenters. The van der Waals surface area contributed by atoms with Gasteiger partial charge in [0.2, 0.25) is 5.91 Å². The first-order valence-electron chi connectivity index (χ1n) is 3.27. The molecule has 0 aliphatic carbocycles. The molecule has 0 radical (unpaired) electrons. The van der Waals surface area contributed by atoms with E-state index in [1.165, 1.54) is 6.92 Å². The van der Waals surface area contributed by atoms with Crippen molar-refractivity contribution in [2.45, 2.75) is 6.92 Å². The molecular weight excluding hydrogens is 146 g/mol. The van der Waals surface area contributed by atoms with Gasteiger partial charge in [0.15, 0.2) is 0 Å². The summed E-state index contributed by atoms with van der Waals surface area (Å²) in [5.41, 5.74) is 5.18. The summed E-state index contributed by atoms with van der Waals surface area (Å²) < 4.78 is 0. The first-order valence-corrected chi connectivity index (χ1v) is 3.27. The van der Waals surface area contributed by atoms with Crippen LogP contribution in [0, 0.1) is 5.92 Å². The highest BCUT2D eigenvalue weighted by Gasteiger charge is 2.26. The summed E-state index contributed by atoms with van der Waals surface area (Å²) >= 11 is 0. The van der Waals surface area contributed by atoms with Gasteiger partial charge in [0.05, 0.1) is 6.54 Å². The number of nitrogens with zero attached hydrogens (tertiary/aromatic N) is 1. The van der Waals surface area contributed by atoms with Crippen molar-refractivity contribution in [2.75, 3.05) is 6.54 Å². The normalized spacial score (nSPS) is 24.5. The molecule has 0 saturated heterocycles. The van der Waals surface area contributed by atoms with Crippen molar-refractivity contribution in [2.24, 2.45) is 16.6 Å². The number of carbonyl (C=O) groups excluding carboxylic acids is 2. The largest absolute Gasteiger partial charge is 0.324 e. The van der Waals surface area contributed by atoms with E-state index in [1.54, 1.807) is 0 Å². The van der Waals surface area contributed by atoms with Crippen molar-refractivity contribution in [3.8, 4) is 0 Å². The van der Waals surface area contributed by atoms with E-state index in [4.69, 9.17) is 5.73 Å². The van der Waals surface area contributed by atoms with E-state index in [-0.39, 0.29) is 18.3 Å². The van der Waals surface area contributed by atoms with E-state index < -0.39 is 11.8 Å². The van der Waals surface area contributed by atoms with Crippen molar-refractivity contribution in [1.29, 1.82) is 0 Å². The SMILES string of the molecule is CC1C(=O)N=C(CN)NC1=O. The predicted octanol–water partition coefficient (Wildman–Crippen LogP) is -1.36. The van der Waals surface area contributed by atoms with Crippen LogP contribution in [0.2, 0.25) is 0 Å². The lowest BCUT2D eigenvalue weighted by molar-refractivity contribution is -0.132. The van der Waals surface area contributed by atoms with Gasteiger partial charge in [0, 0.05) is 0 Å². The molecule has 2 amide bonds. The Morgan fingerprint density at radius 2 is 2.27 bits per heavy atom. The molecule has 0 bridgehead atoms. The lowest BCUT2D eigenvalue weighted by Gasteiger charge is -2.15. The van der Waals surface area contributed by atoms with Crippen molar-refractivity contribution < 1.29 is 9.59 Å². The monoisotopic (exact) mass is 155 g/mol. The van der Waals surface area contributed by atoms with Crippen LogP contribution in [-0.4, -0.2) is 24.2 Å². The van der Waals surface area contributed by atoms with Crippen molar-refractivity contribution in [3.63, 3.8) is 0 Å². The van der Waals surface area contributed by atoms with E-state index in [0.717, 1.165) is 0 Å². The molecule has 1 aliphatic heterocycles. The molecule has 0 fully saturated rings. The molecule has 0 aromatic rings. The molecule has 11 heavy (non-hydrogen) atoms. The fourth-order valence-electron chi connectivity index (χ4n) is 0.717. The maximum Gasteiger partial charge on any atom is 0.259 e. The number of amidine groups is 1. The minimum atomic E-state index is -0.676. The van der Waals surface area contributed by atoms with E-state index in [1.807, 2.05) is 0 Å². The second-order valence-electron chi connectivity index (χ2n) is 2.31. The van der Waals surface area contributed by atoms with Crippen LogP contribution >= 0.6 is 0 Å². The average molecular weight is 155 g/mol. The molecule has 0 aromatic heterocycles. The smallest absolute Gasteiger partial charge is 0.259 e. The van der Waals surface area contributed by atoms with Gasteiger partial charge in [-0.15, -0.1) is 0 Å². The third-order valence-corrected chi connectivity index (χ3v) is 1.47. The number of aliphatic imine (C=N–C) groups is 1. The molecule has 5 nitrogen and oxygen atoms in total. The molecule has 60 valence electrons. The van der Waals surface area contributed by atoms with Crippen molar-refractivity contribution >= 4 is 17.6 Å². The zero-order valence-electron chi connectivity index (χ0n) is 6.13. The first-order chi connectivity index (χ1) is 5.15. The highest BCUT2D eigenvalue weighted by Crippen LogP contribution is 2.02. The Bertz CT molecular complexity index is 234.